The zero-order chi connectivity index (χ0) is 28.3. The van der Waals surface area contributed by atoms with Crippen LogP contribution in [-0.2, 0) is 27.8 Å². The number of nitrogens with zero attached hydrogens (tertiary/aromatic N) is 2. The van der Waals surface area contributed by atoms with Crippen LogP contribution in [0.1, 0.15) is 35.8 Å². The molecule has 10 nitrogen and oxygen atoms in total. The maximum absolute atomic E-state index is 13.7. The summed E-state index contributed by atoms with van der Waals surface area (Å²) in [6.45, 7) is -0.0579. The highest BCUT2D eigenvalue weighted by atomic mass is 35.5. The maximum atomic E-state index is 13.7. The zero-order valence-corrected chi connectivity index (χ0v) is 23.4. The van der Waals surface area contributed by atoms with Crippen molar-refractivity contribution < 1.29 is 27.2 Å². The number of anilines is 1. The normalized spacial score (nSPS) is 13.2. The lowest BCUT2D eigenvalue weighted by Gasteiger charge is -2.14. The van der Waals surface area contributed by atoms with E-state index in [4.69, 9.17) is 25.6 Å². The van der Waals surface area contributed by atoms with Gasteiger partial charge < -0.3 is 19.3 Å². The highest BCUT2D eigenvalue weighted by Crippen LogP contribution is 2.40. The van der Waals surface area contributed by atoms with E-state index in [1.807, 2.05) is 0 Å². The maximum Gasteiger partial charge on any atom is 0.241 e. The molecule has 0 saturated heterocycles. The second-order valence-corrected chi connectivity index (χ2v) is 11.4. The predicted octanol–water partition coefficient (Wildman–Crippen LogP) is 4.94. The Morgan fingerprint density at radius 3 is 2.58 bits per heavy atom. The fourth-order valence-electron chi connectivity index (χ4n) is 4.12. The molecule has 0 atom stereocenters. The summed E-state index contributed by atoms with van der Waals surface area (Å²) in [5.41, 5.74) is 1.79. The van der Waals surface area contributed by atoms with E-state index in [0.29, 0.717) is 33.5 Å². The minimum Gasteiger partial charge on any atom is -0.497 e. The average molecular weight is 583 g/mol. The Morgan fingerprint density at radius 2 is 1.85 bits per heavy atom. The van der Waals surface area contributed by atoms with Crippen molar-refractivity contribution in [3.8, 4) is 22.9 Å². The Hall–Kier alpha value is -3.93. The Morgan fingerprint density at radius 1 is 1.05 bits per heavy atom. The molecular formula is C28H27ClN4O6S. The minimum absolute atomic E-state index is 0.0224. The molecule has 2 N–H and O–H groups in total. The molecule has 3 aromatic carbocycles. The summed E-state index contributed by atoms with van der Waals surface area (Å²) >= 11 is 6.19. The van der Waals surface area contributed by atoms with Gasteiger partial charge in [0.25, 0.3) is 0 Å². The number of aromatic nitrogens is 2. The number of benzene rings is 3. The van der Waals surface area contributed by atoms with E-state index in [1.54, 1.807) is 54.6 Å². The number of carbonyl (C=O) groups excluding carboxylic acids is 1. The first kappa shape index (κ1) is 27.6. The summed E-state index contributed by atoms with van der Waals surface area (Å²) < 4.78 is 45.9. The summed E-state index contributed by atoms with van der Waals surface area (Å²) in [6, 6.07) is 16.6. The van der Waals surface area contributed by atoms with Crippen LogP contribution in [0.15, 0.2) is 70.1 Å². The smallest absolute Gasteiger partial charge is 0.241 e. The van der Waals surface area contributed by atoms with Gasteiger partial charge in [-0.15, -0.1) is 0 Å². The Labute approximate surface area is 236 Å². The molecule has 0 radical (unpaired) electrons. The lowest BCUT2D eigenvalue weighted by molar-refractivity contribution is -0.115. The van der Waals surface area contributed by atoms with Crippen molar-refractivity contribution in [2.45, 2.75) is 36.6 Å². The van der Waals surface area contributed by atoms with Crippen LogP contribution >= 0.6 is 11.6 Å². The second-order valence-electron chi connectivity index (χ2n) is 9.26. The van der Waals surface area contributed by atoms with Crippen LogP contribution in [0.4, 0.5) is 5.69 Å². The molecule has 1 aliphatic rings. The molecule has 40 heavy (non-hydrogen) atoms. The van der Waals surface area contributed by atoms with Gasteiger partial charge in [0.15, 0.2) is 0 Å². The van der Waals surface area contributed by atoms with Gasteiger partial charge in [0.05, 0.1) is 25.5 Å². The summed E-state index contributed by atoms with van der Waals surface area (Å²) in [5, 5.41) is 7.26. The summed E-state index contributed by atoms with van der Waals surface area (Å²) in [7, 11) is -1.10. The van der Waals surface area contributed by atoms with Gasteiger partial charge in [-0.25, -0.2) is 13.1 Å². The highest BCUT2D eigenvalue weighted by Gasteiger charge is 2.31. The Balaban J connectivity index is 1.44. The quantitative estimate of drug-likeness (QED) is 0.254. The fourth-order valence-corrected chi connectivity index (χ4v) is 5.55. The zero-order valence-electron chi connectivity index (χ0n) is 21.8. The van der Waals surface area contributed by atoms with Crippen LogP contribution in [0.2, 0.25) is 5.02 Å². The number of carbonyl (C=O) groups is 1. The van der Waals surface area contributed by atoms with Crippen molar-refractivity contribution in [1.82, 2.24) is 14.9 Å². The van der Waals surface area contributed by atoms with Crippen LogP contribution < -0.4 is 19.5 Å². The molecule has 0 aliphatic heterocycles. The molecular weight excluding hydrogens is 556 g/mol. The molecule has 0 bridgehead atoms. The number of rotatable bonds is 11. The SMILES string of the molecule is COc1ccc(CNS(=O)(=O)c2cc(NC(=O)Cc3ccccc3Cl)ccc2-c2noc(C3CC3)n2)c(OC)c1. The van der Waals surface area contributed by atoms with Gasteiger partial charge in [-0.2, -0.15) is 4.98 Å². The van der Waals surface area contributed by atoms with Crippen LogP contribution in [0.3, 0.4) is 0 Å². The molecule has 1 aliphatic carbocycles. The van der Waals surface area contributed by atoms with E-state index in [2.05, 4.69) is 20.2 Å². The van der Waals surface area contributed by atoms with E-state index in [0.717, 1.165) is 12.8 Å². The van der Waals surface area contributed by atoms with E-state index in [1.165, 1.54) is 20.3 Å². The number of methoxy groups -OCH3 is 2. The van der Waals surface area contributed by atoms with Gasteiger partial charge in [0.1, 0.15) is 11.5 Å². The monoisotopic (exact) mass is 582 g/mol. The van der Waals surface area contributed by atoms with E-state index in [-0.39, 0.29) is 46.8 Å². The lowest BCUT2D eigenvalue weighted by Crippen LogP contribution is -2.24. The summed E-state index contributed by atoms with van der Waals surface area (Å²) in [4.78, 5) is 17.1. The first-order valence-electron chi connectivity index (χ1n) is 12.5. The third-order valence-corrected chi connectivity index (χ3v) is 8.23. The Kier molecular flexibility index (Phi) is 8.06. The van der Waals surface area contributed by atoms with Crippen molar-refractivity contribution in [1.29, 1.82) is 0 Å². The number of hydrogen-bond acceptors (Lipinski definition) is 8. The van der Waals surface area contributed by atoms with Crippen molar-refractivity contribution in [2.75, 3.05) is 19.5 Å². The number of nitrogens with one attached hydrogen (secondary N) is 2. The van der Waals surface area contributed by atoms with Gasteiger partial charge in [0, 0.05) is 40.4 Å². The van der Waals surface area contributed by atoms with Crippen molar-refractivity contribution in [2.24, 2.45) is 0 Å². The van der Waals surface area contributed by atoms with Crippen molar-refractivity contribution >= 4 is 33.2 Å². The van der Waals surface area contributed by atoms with Crippen LogP contribution in [0, 0.1) is 0 Å². The summed E-state index contributed by atoms with van der Waals surface area (Å²) in [5.74, 6) is 1.52. The number of amides is 1. The molecule has 5 rings (SSSR count). The first-order valence-corrected chi connectivity index (χ1v) is 14.4. The number of halogens is 1. The first-order chi connectivity index (χ1) is 19.3. The molecule has 1 aromatic heterocycles. The van der Waals surface area contributed by atoms with Gasteiger partial charge in [-0.05, 0) is 48.7 Å². The third-order valence-electron chi connectivity index (χ3n) is 6.42. The largest absolute Gasteiger partial charge is 0.497 e. The molecule has 0 unspecified atom stereocenters. The standard InChI is InChI=1S/C28H27ClN4O6S/c1-37-21-11-9-19(24(15-21)38-2)16-30-40(35,36)25-14-20(31-26(34)13-18-5-3-4-6-23(18)29)10-12-22(25)27-32-28(39-33-27)17-7-8-17/h3-6,9-12,14-15,17,30H,7-8,13,16H2,1-2H3,(H,31,34). The average Bonchev–Trinajstić information content (AvgIpc) is 3.69. The second kappa shape index (κ2) is 11.7. The Bertz CT molecular complexity index is 1650. The number of sulfonamides is 1. The molecule has 1 amide bonds. The van der Waals surface area contributed by atoms with Gasteiger partial charge in [-0.3, -0.25) is 4.79 Å². The van der Waals surface area contributed by atoms with Crippen LogP contribution in [0.25, 0.3) is 11.4 Å². The molecule has 1 fully saturated rings. The third kappa shape index (κ3) is 6.27. The fraction of sp³-hybridized carbons (Fsp3) is 0.250. The molecule has 4 aromatic rings. The van der Waals surface area contributed by atoms with Gasteiger partial charge >= 0.3 is 0 Å². The predicted molar refractivity (Wildman–Crippen MR) is 149 cm³/mol. The van der Waals surface area contributed by atoms with E-state index >= 15 is 0 Å². The molecule has 208 valence electrons. The van der Waals surface area contributed by atoms with Gasteiger partial charge in [0.2, 0.25) is 27.6 Å². The van der Waals surface area contributed by atoms with Gasteiger partial charge in [-0.1, -0.05) is 41.0 Å². The van der Waals surface area contributed by atoms with E-state index in [9.17, 15) is 13.2 Å². The molecule has 0 spiro atoms. The molecule has 12 heteroatoms. The molecule has 1 heterocycles. The lowest BCUT2D eigenvalue weighted by atomic mass is 10.1. The van der Waals surface area contributed by atoms with Crippen molar-refractivity contribution in [3.05, 3.63) is 82.7 Å². The molecule has 1 saturated carbocycles. The number of ether oxygens (including phenoxy) is 2. The summed E-state index contributed by atoms with van der Waals surface area (Å²) in [6.07, 6.45) is 1.93. The van der Waals surface area contributed by atoms with E-state index < -0.39 is 10.0 Å². The highest BCUT2D eigenvalue weighted by molar-refractivity contribution is 7.89. The van der Waals surface area contributed by atoms with Crippen LogP contribution in [-0.4, -0.2) is 38.7 Å². The van der Waals surface area contributed by atoms with Crippen LogP contribution in [0.5, 0.6) is 11.5 Å². The minimum atomic E-state index is -4.13. The topological polar surface area (TPSA) is 133 Å². The van der Waals surface area contributed by atoms with Crippen molar-refractivity contribution in [3.63, 3.8) is 0 Å². The number of hydrogen-bond donors (Lipinski definition) is 2.